The molecule has 1 atom stereocenters. The molecule has 0 aliphatic carbocycles. The normalized spacial score (nSPS) is 16.8. The van der Waals surface area contributed by atoms with Gasteiger partial charge in [0.05, 0.1) is 10.2 Å². The van der Waals surface area contributed by atoms with Crippen molar-refractivity contribution in [3.05, 3.63) is 56.2 Å². The van der Waals surface area contributed by atoms with Crippen LogP contribution < -0.4 is 5.32 Å². The van der Waals surface area contributed by atoms with Gasteiger partial charge in [-0.2, -0.15) is 0 Å². The van der Waals surface area contributed by atoms with Crippen molar-refractivity contribution in [2.75, 3.05) is 32.7 Å². The minimum absolute atomic E-state index is 0.116. The molecule has 1 unspecified atom stereocenters. The van der Waals surface area contributed by atoms with Crippen molar-refractivity contribution in [2.24, 2.45) is 0 Å². The van der Waals surface area contributed by atoms with E-state index in [1.807, 2.05) is 12.1 Å². The van der Waals surface area contributed by atoms with Crippen LogP contribution in [0.15, 0.2) is 40.2 Å². The number of carbonyl (C=O) groups excluding carboxylic acids is 1. The molecule has 28 heavy (non-hydrogen) atoms. The number of rotatable bonds is 8. The number of piperazine rings is 1. The summed E-state index contributed by atoms with van der Waals surface area (Å²) in [6, 6.07) is 13.3. The van der Waals surface area contributed by atoms with Gasteiger partial charge in [0.25, 0.3) is 0 Å². The summed E-state index contributed by atoms with van der Waals surface area (Å²) >= 11 is 5.08. The molecule has 1 N–H and O–H groups in total. The van der Waals surface area contributed by atoms with E-state index in [2.05, 4.69) is 69.2 Å². The lowest BCUT2D eigenvalue weighted by Crippen LogP contribution is -2.52. The Kier molecular flexibility index (Phi) is 8.09. The maximum atomic E-state index is 12.3. The summed E-state index contributed by atoms with van der Waals surface area (Å²) in [4.78, 5) is 18.4. The Labute approximate surface area is 181 Å². The van der Waals surface area contributed by atoms with Crippen molar-refractivity contribution in [1.82, 2.24) is 15.1 Å². The van der Waals surface area contributed by atoms with Gasteiger partial charge in [-0.25, -0.2) is 0 Å². The molecule has 0 saturated carbocycles. The highest BCUT2D eigenvalue weighted by atomic mass is 79.9. The molecule has 0 radical (unpaired) electrons. The number of halogens is 1. The fourth-order valence-corrected chi connectivity index (χ4v) is 5.15. The highest BCUT2D eigenvalue weighted by Crippen LogP contribution is 2.22. The summed E-state index contributed by atoms with van der Waals surface area (Å²) in [6.45, 7) is 10.4. The third kappa shape index (κ3) is 6.41. The van der Waals surface area contributed by atoms with Crippen molar-refractivity contribution in [3.63, 3.8) is 0 Å². The van der Waals surface area contributed by atoms with Gasteiger partial charge in [0.1, 0.15) is 0 Å². The van der Waals surface area contributed by atoms with Crippen molar-refractivity contribution < 1.29 is 4.79 Å². The van der Waals surface area contributed by atoms with Gasteiger partial charge >= 0.3 is 0 Å². The molecule has 0 bridgehead atoms. The van der Waals surface area contributed by atoms with E-state index in [0.29, 0.717) is 12.5 Å². The Morgan fingerprint density at radius 1 is 1.14 bits per heavy atom. The topological polar surface area (TPSA) is 35.6 Å². The molecule has 1 aromatic heterocycles. The molecule has 1 aromatic carbocycles. The molecule has 1 amide bonds. The molecule has 152 valence electrons. The number of nitrogens with zero attached hydrogens (tertiary/aromatic N) is 2. The maximum Gasteiger partial charge on any atom is 0.225 e. The number of hydrogen-bond acceptors (Lipinski definition) is 4. The highest BCUT2D eigenvalue weighted by Gasteiger charge is 2.23. The lowest BCUT2D eigenvalue weighted by Gasteiger charge is -2.39. The van der Waals surface area contributed by atoms with Crippen molar-refractivity contribution in [3.8, 4) is 0 Å². The van der Waals surface area contributed by atoms with Crippen LogP contribution >= 0.6 is 27.3 Å². The van der Waals surface area contributed by atoms with Crippen LogP contribution in [0.25, 0.3) is 0 Å². The van der Waals surface area contributed by atoms with E-state index in [0.717, 1.165) is 54.4 Å². The fourth-order valence-electron chi connectivity index (χ4n) is 3.67. The molecule has 2 aromatic rings. The van der Waals surface area contributed by atoms with Gasteiger partial charge in [-0.3, -0.25) is 14.6 Å². The molecular weight excluding hydrogens is 434 g/mol. The van der Waals surface area contributed by atoms with E-state index in [4.69, 9.17) is 0 Å². The number of hydrogen-bond donors (Lipinski definition) is 1. The molecule has 0 spiro atoms. The highest BCUT2D eigenvalue weighted by molar-refractivity contribution is 9.11. The molecule has 1 aliphatic heterocycles. The van der Waals surface area contributed by atoms with Crippen LogP contribution in [-0.4, -0.2) is 54.5 Å². The van der Waals surface area contributed by atoms with E-state index < -0.39 is 0 Å². The largest absolute Gasteiger partial charge is 0.354 e. The van der Waals surface area contributed by atoms with Gasteiger partial charge in [-0.15, -0.1) is 11.3 Å². The predicted octanol–water partition coefficient (Wildman–Crippen LogP) is 4.07. The van der Waals surface area contributed by atoms with E-state index >= 15 is 0 Å². The van der Waals surface area contributed by atoms with Gasteiger partial charge in [0, 0.05) is 50.2 Å². The third-order valence-electron chi connectivity index (χ3n) is 5.42. The third-order valence-corrected chi connectivity index (χ3v) is 7.04. The van der Waals surface area contributed by atoms with Gasteiger partial charge in [-0.1, -0.05) is 36.8 Å². The summed E-state index contributed by atoms with van der Waals surface area (Å²) in [5, 5.41) is 3.14. The van der Waals surface area contributed by atoms with E-state index in [9.17, 15) is 4.79 Å². The first kappa shape index (κ1) is 21.5. The van der Waals surface area contributed by atoms with Crippen molar-refractivity contribution >= 4 is 33.2 Å². The summed E-state index contributed by atoms with van der Waals surface area (Å²) in [5.74, 6) is 0.116. The first-order chi connectivity index (χ1) is 13.5. The SMILES string of the molecule is CCC(CNC(=O)Cc1ccc(Br)s1)N1CCN(Cc2ccc(C)cc2)CC1. The van der Waals surface area contributed by atoms with Gasteiger partial charge in [-0.05, 0) is 47.0 Å². The Bertz CT molecular complexity index is 753. The number of carbonyl (C=O) groups is 1. The zero-order chi connectivity index (χ0) is 19.9. The Balaban J connectivity index is 1.41. The predicted molar refractivity (Wildman–Crippen MR) is 121 cm³/mol. The summed E-state index contributed by atoms with van der Waals surface area (Å²) in [5.41, 5.74) is 2.70. The summed E-state index contributed by atoms with van der Waals surface area (Å²) in [7, 11) is 0. The van der Waals surface area contributed by atoms with Gasteiger partial charge < -0.3 is 5.32 Å². The van der Waals surface area contributed by atoms with E-state index in [-0.39, 0.29) is 5.91 Å². The molecule has 6 heteroatoms. The van der Waals surface area contributed by atoms with Crippen molar-refractivity contribution in [2.45, 2.75) is 39.3 Å². The van der Waals surface area contributed by atoms with Crippen LogP contribution in [0.3, 0.4) is 0 Å². The number of aryl methyl sites for hydroxylation is 1. The fraction of sp³-hybridized carbons (Fsp3) is 0.500. The number of nitrogens with one attached hydrogen (secondary N) is 1. The van der Waals surface area contributed by atoms with Crippen LogP contribution in [-0.2, 0) is 17.8 Å². The number of thiophene rings is 1. The van der Waals surface area contributed by atoms with Gasteiger partial charge in [0.2, 0.25) is 5.91 Å². The quantitative estimate of drug-likeness (QED) is 0.640. The summed E-state index contributed by atoms with van der Waals surface area (Å²) in [6.07, 6.45) is 1.53. The summed E-state index contributed by atoms with van der Waals surface area (Å²) < 4.78 is 1.07. The minimum atomic E-state index is 0.116. The first-order valence-corrected chi connectivity index (χ1v) is 11.7. The van der Waals surface area contributed by atoms with Crippen LogP contribution in [0.2, 0.25) is 0 Å². The molecule has 2 heterocycles. The maximum absolute atomic E-state index is 12.3. The molecule has 4 nitrogen and oxygen atoms in total. The van der Waals surface area contributed by atoms with Gasteiger partial charge in [0.15, 0.2) is 0 Å². The average Bonchev–Trinajstić information content (AvgIpc) is 3.10. The molecule has 1 saturated heterocycles. The lowest BCUT2D eigenvalue weighted by atomic mass is 10.1. The molecular formula is C22H30BrN3OS. The average molecular weight is 464 g/mol. The number of benzene rings is 1. The smallest absolute Gasteiger partial charge is 0.225 e. The molecule has 1 fully saturated rings. The standard InChI is InChI=1S/C22H30BrN3OS/c1-3-19(15-24-22(27)14-20-8-9-21(23)28-20)26-12-10-25(11-13-26)16-18-6-4-17(2)5-7-18/h4-9,19H,3,10-16H2,1-2H3,(H,24,27). The van der Waals surface area contributed by atoms with Crippen LogP contribution in [0, 0.1) is 6.92 Å². The zero-order valence-electron chi connectivity index (χ0n) is 16.8. The van der Waals surface area contributed by atoms with Crippen LogP contribution in [0.4, 0.5) is 0 Å². The molecule has 3 rings (SSSR count). The minimum Gasteiger partial charge on any atom is -0.354 e. The van der Waals surface area contributed by atoms with Crippen LogP contribution in [0.5, 0.6) is 0 Å². The Morgan fingerprint density at radius 3 is 2.46 bits per heavy atom. The second kappa shape index (κ2) is 10.5. The number of amides is 1. The second-order valence-corrected chi connectivity index (χ2v) is 10.1. The Hall–Kier alpha value is -1.21. The first-order valence-electron chi connectivity index (χ1n) is 10.1. The Morgan fingerprint density at radius 2 is 1.86 bits per heavy atom. The monoisotopic (exact) mass is 463 g/mol. The molecule has 1 aliphatic rings. The zero-order valence-corrected chi connectivity index (χ0v) is 19.2. The van der Waals surface area contributed by atoms with Crippen molar-refractivity contribution in [1.29, 1.82) is 0 Å². The second-order valence-electron chi connectivity index (χ2n) is 7.55. The van der Waals surface area contributed by atoms with E-state index in [1.165, 1.54) is 11.1 Å². The lowest BCUT2D eigenvalue weighted by molar-refractivity contribution is -0.120. The van der Waals surface area contributed by atoms with E-state index in [1.54, 1.807) is 11.3 Å². The van der Waals surface area contributed by atoms with Crippen LogP contribution in [0.1, 0.15) is 29.3 Å².